The lowest BCUT2D eigenvalue weighted by Gasteiger charge is -2.07. The Balaban J connectivity index is 1.86. The van der Waals surface area contributed by atoms with E-state index in [1.54, 1.807) is 10.9 Å². The highest BCUT2D eigenvalue weighted by Crippen LogP contribution is 2.20. The van der Waals surface area contributed by atoms with Crippen LogP contribution in [0, 0.1) is 18.3 Å². The fourth-order valence-electron chi connectivity index (χ4n) is 2.39. The molecule has 3 aromatic rings. The summed E-state index contributed by atoms with van der Waals surface area (Å²) in [4.78, 5) is 4.43. The van der Waals surface area contributed by atoms with Crippen LogP contribution in [0.15, 0.2) is 36.5 Å². The van der Waals surface area contributed by atoms with Gasteiger partial charge in [0.15, 0.2) is 5.65 Å². The highest BCUT2D eigenvalue weighted by atomic mass is 15.3. The molecule has 5 heteroatoms. The lowest BCUT2D eigenvalue weighted by molar-refractivity contribution is 0.774. The number of nitriles is 1. The van der Waals surface area contributed by atoms with Crippen LogP contribution in [0.2, 0.25) is 0 Å². The monoisotopic (exact) mass is 277 g/mol. The molecule has 0 saturated heterocycles. The smallest absolute Gasteiger partial charge is 0.157 e. The van der Waals surface area contributed by atoms with E-state index in [2.05, 4.69) is 21.5 Å². The van der Waals surface area contributed by atoms with E-state index in [9.17, 15) is 0 Å². The normalized spacial score (nSPS) is 10.5. The number of hydrogen-bond donors (Lipinski definition) is 1. The predicted octanol–water partition coefficient (Wildman–Crippen LogP) is 2.76. The first-order valence-corrected chi connectivity index (χ1v) is 6.70. The van der Waals surface area contributed by atoms with E-state index >= 15 is 0 Å². The summed E-state index contributed by atoms with van der Waals surface area (Å²) in [6.45, 7) is 2.56. The fraction of sp³-hybridized carbons (Fsp3) is 0.188. The van der Waals surface area contributed by atoms with Gasteiger partial charge >= 0.3 is 0 Å². The van der Waals surface area contributed by atoms with Crippen LogP contribution in [0.3, 0.4) is 0 Å². The molecule has 2 aromatic heterocycles. The Bertz CT molecular complexity index is 841. The zero-order chi connectivity index (χ0) is 14.8. The molecular weight excluding hydrogens is 262 g/mol. The van der Waals surface area contributed by atoms with Crippen LogP contribution in [-0.2, 0) is 13.6 Å². The standard InChI is InChI=1S/C16H15N5/c1-11-15-7-14(10-19-16(15)21(2)20-11)18-9-13-6-4-3-5-12(13)8-17/h3-7,10,18H,9H2,1-2H3. The van der Waals surface area contributed by atoms with Gasteiger partial charge in [-0.05, 0) is 24.6 Å². The fourth-order valence-corrected chi connectivity index (χ4v) is 2.39. The predicted molar refractivity (Wildman–Crippen MR) is 81.7 cm³/mol. The van der Waals surface area contributed by atoms with E-state index in [1.807, 2.05) is 44.3 Å². The van der Waals surface area contributed by atoms with E-state index in [0.29, 0.717) is 12.1 Å². The summed E-state index contributed by atoms with van der Waals surface area (Å²) in [5.41, 5.74) is 4.42. The van der Waals surface area contributed by atoms with Crippen LogP contribution in [-0.4, -0.2) is 14.8 Å². The quantitative estimate of drug-likeness (QED) is 0.799. The van der Waals surface area contributed by atoms with Gasteiger partial charge < -0.3 is 5.32 Å². The summed E-state index contributed by atoms with van der Waals surface area (Å²) in [7, 11) is 1.89. The molecular formula is C16H15N5. The average molecular weight is 277 g/mol. The number of pyridine rings is 1. The van der Waals surface area contributed by atoms with Gasteiger partial charge in [-0.2, -0.15) is 10.4 Å². The molecule has 0 saturated carbocycles. The summed E-state index contributed by atoms with van der Waals surface area (Å²) in [6.07, 6.45) is 1.79. The molecule has 0 unspecified atom stereocenters. The largest absolute Gasteiger partial charge is 0.380 e. The number of benzene rings is 1. The second-order valence-corrected chi connectivity index (χ2v) is 4.93. The van der Waals surface area contributed by atoms with E-state index in [1.165, 1.54) is 0 Å². The topological polar surface area (TPSA) is 66.5 Å². The van der Waals surface area contributed by atoms with E-state index < -0.39 is 0 Å². The maximum atomic E-state index is 9.09. The Labute approximate surface area is 122 Å². The highest BCUT2D eigenvalue weighted by molar-refractivity contribution is 5.81. The molecule has 0 radical (unpaired) electrons. The zero-order valence-corrected chi connectivity index (χ0v) is 12.0. The molecule has 0 aliphatic rings. The molecule has 104 valence electrons. The van der Waals surface area contributed by atoms with Crippen LogP contribution in [0.25, 0.3) is 11.0 Å². The third-order valence-electron chi connectivity index (χ3n) is 3.48. The molecule has 0 atom stereocenters. The van der Waals surface area contributed by atoms with Crippen LogP contribution in [0.4, 0.5) is 5.69 Å². The van der Waals surface area contributed by atoms with Crippen molar-refractivity contribution in [2.75, 3.05) is 5.32 Å². The first kappa shape index (κ1) is 13.1. The molecule has 2 heterocycles. The lowest BCUT2D eigenvalue weighted by atomic mass is 10.1. The van der Waals surface area contributed by atoms with Crippen LogP contribution in [0.5, 0.6) is 0 Å². The summed E-state index contributed by atoms with van der Waals surface area (Å²) in [5.74, 6) is 0. The van der Waals surface area contributed by atoms with Gasteiger partial charge in [-0.25, -0.2) is 4.98 Å². The van der Waals surface area contributed by atoms with Gasteiger partial charge in [0.25, 0.3) is 0 Å². The van der Waals surface area contributed by atoms with Crippen molar-refractivity contribution in [3.05, 3.63) is 53.3 Å². The zero-order valence-electron chi connectivity index (χ0n) is 12.0. The summed E-state index contributed by atoms with van der Waals surface area (Å²) < 4.78 is 1.78. The van der Waals surface area contributed by atoms with Crippen molar-refractivity contribution < 1.29 is 0 Å². The van der Waals surface area contributed by atoms with Gasteiger partial charge in [-0.1, -0.05) is 18.2 Å². The average Bonchev–Trinajstić information content (AvgIpc) is 2.80. The first-order valence-electron chi connectivity index (χ1n) is 6.70. The molecule has 0 aliphatic heterocycles. The number of nitrogens with zero attached hydrogens (tertiary/aromatic N) is 4. The molecule has 3 rings (SSSR count). The summed E-state index contributed by atoms with van der Waals surface area (Å²) in [5, 5.41) is 17.8. The van der Waals surface area contributed by atoms with Crippen molar-refractivity contribution in [3.63, 3.8) is 0 Å². The molecule has 1 aromatic carbocycles. The molecule has 21 heavy (non-hydrogen) atoms. The maximum Gasteiger partial charge on any atom is 0.157 e. The number of nitrogens with one attached hydrogen (secondary N) is 1. The van der Waals surface area contributed by atoms with Gasteiger partial charge in [0, 0.05) is 19.0 Å². The van der Waals surface area contributed by atoms with E-state index in [-0.39, 0.29) is 0 Å². The number of hydrogen-bond acceptors (Lipinski definition) is 4. The maximum absolute atomic E-state index is 9.09. The Morgan fingerprint density at radius 3 is 2.95 bits per heavy atom. The van der Waals surface area contributed by atoms with Gasteiger partial charge in [0.2, 0.25) is 0 Å². The number of rotatable bonds is 3. The molecule has 0 fully saturated rings. The SMILES string of the molecule is Cc1nn(C)c2ncc(NCc3ccccc3C#N)cc12. The molecule has 0 spiro atoms. The molecule has 5 nitrogen and oxygen atoms in total. The van der Waals surface area contributed by atoms with Crippen molar-refractivity contribution >= 4 is 16.7 Å². The minimum absolute atomic E-state index is 0.593. The molecule has 0 bridgehead atoms. The Kier molecular flexibility index (Phi) is 3.28. The van der Waals surface area contributed by atoms with Gasteiger partial charge in [-0.15, -0.1) is 0 Å². The van der Waals surface area contributed by atoms with Crippen molar-refractivity contribution in [3.8, 4) is 6.07 Å². The molecule has 0 amide bonds. The Morgan fingerprint density at radius 2 is 2.14 bits per heavy atom. The van der Waals surface area contributed by atoms with E-state index in [0.717, 1.165) is 28.0 Å². The van der Waals surface area contributed by atoms with Crippen molar-refractivity contribution in [2.24, 2.45) is 7.05 Å². The molecule has 1 N–H and O–H groups in total. The lowest BCUT2D eigenvalue weighted by Crippen LogP contribution is -2.02. The number of anilines is 1. The van der Waals surface area contributed by atoms with Crippen LogP contribution < -0.4 is 5.32 Å². The van der Waals surface area contributed by atoms with E-state index in [4.69, 9.17) is 5.26 Å². The first-order chi connectivity index (χ1) is 10.2. The minimum atomic E-state index is 0.593. The van der Waals surface area contributed by atoms with Crippen LogP contribution in [0.1, 0.15) is 16.8 Å². The molecule has 0 aliphatic carbocycles. The van der Waals surface area contributed by atoms with Crippen molar-refractivity contribution in [1.29, 1.82) is 5.26 Å². The number of aryl methyl sites for hydroxylation is 2. The summed E-state index contributed by atoms with van der Waals surface area (Å²) >= 11 is 0. The third kappa shape index (κ3) is 2.43. The number of aromatic nitrogens is 3. The second kappa shape index (κ2) is 5.25. The van der Waals surface area contributed by atoms with Crippen molar-refractivity contribution in [1.82, 2.24) is 14.8 Å². The second-order valence-electron chi connectivity index (χ2n) is 4.93. The van der Waals surface area contributed by atoms with Crippen molar-refractivity contribution in [2.45, 2.75) is 13.5 Å². The minimum Gasteiger partial charge on any atom is -0.380 e. The van der Waals surface area contributed by atoms with Crippen LogP contribution >= 0.6 is 0 Å². The highest BCUT2D eigenvalue weighted by Gasteiger charge is 2.07. The van der Waals surface area contributed by atoms with Gasteiger partial charge in [0.1, 0.15) is 0 Å². The Hall–Kier alpha value is -2.87. The van der Waals surface area contributed by atoms with Gasteiger partial charge in [0.05, 0.1) is 29.2 Å². The number of fused-ring (bicyclic) bond motifs is 1. The third-order valence-corrected chi connectivity index (χ3v) is 3.48. The summed E-state index contributed by atoms with van der Waals surface area (Å²) in [6, 6.07) is 11.8. The Morgan fingerprint density at radius 1 is 1.33 bits per heavy atom. The van der Waals surface area contributed by atoms with Gasteiger partial charge in [-0.3, -0.25) is 4.68 Å².